The summed E-state index contributed by atoms with van der Waals surface area (Å²) < 4.78 is 3.91. The molecule has 0 saturated heterocycles. The van der Waals surface area contributed by atoms with E-state index in [0.29, 0.717) is 0 Å². The van der Waals surface area contributed by atoms with Crippen LogP contribution >= 0.6 is 11.9 Å². The quantitative estimate of drug-likeness (QED) is 0.508. The topological polar surface area (TPSA) is 29.5 Å². The maximum absolute atomic E-state index is 7.86. The standard InChI is InChI=1S/C2H5ClO2.Ca.2H/c3-5-2-1-4;;;/h4H,1-2H2;;;. The second-order valence-corrected chi connectivity index (χ2v) is 0.755. The molecule has 4 heteroatoms. The molecule has 0 heterocycles. The van der Waals surface area contributed by atoms with Crippen LogP contribution < -0.4 is 0 Å². The van der Waals surface area contributed by atoms with Crippen molar-refractivity contribution in [2.45, 2.75) is 0 Å². The van der Waals surface area contributed by atoms with E-state index in [4.69, 9.17) is 5.11 Å². The van der Waals surface area contributed by atoms with Gasteiger partial charge in [-0.2, -0.15) is 0 Å². The van der Waals surface area contributed by atoms with Gasteiger partial charge in [-0.25, -0.2) is 0 Å². The minimum atomic E-state index is -0.0104. The zero-order valence-electron chi connectivity index (χ0n) is 2.65. The molecule has 6 heavy (non-hydrogen) atoms. The van der Waals surface area contributed by atoms with Crippen LogP contribution in [-0.2, 0) is 4.29 Å². The van der Waals surface area contributed by atoms with E-state index in [1.807, 2.05) is 0 Å². The third-order valence-electron chi connectivity index (χ3n) is 0.168. The summed E-state index contributed by atoms with van der Waals surface area (Å²) in [7, 11) is 0. The summed E-state index contributed by atoms with van der Waals surface area (Å²) in [6, 6.07) is 0. The van der Waals surface area contributed by atoms with Gasteiger partial charge in [0.05, 0.1) is 25.1 Å². The molecular weight excluding hydrogens is 132 g/mol. The molecule has 0 spiro atoms. The van der Waals surface area contributed by atoms with Gasteiger partial charge in [0.2, 0.25) is 0 Å². The molecule has 0 aliphatic heterocycles. The molecule has 0 radical (unpaired) electrons. The van der Waals surface area contributed by atoms with Crippen molar-refractivity contribution in [3.63, 3.8) is 0 Å². The molecule has 0 saturated carbocycles. The van der Waals surface area contributed by atoms with Crippen molar-refractivity contribution in [3.8, 4) is 0 Å². The SMILES string of the molecule is OCCOCl.[CaH2]. The zero-order valence-corrected chi connectivity index (χ0v) is 3.40. The van der Waals surface area contributed by atoms with Crippen LogP contribution in [0.2, 0.25) is 0 Å². The van der Waals surface area contributed by atoms with Crippen molar-refractivity contribution in [1.29, 1.82) is 0 Å². The van der Waals surface area contributed by atoms with E-state index in [1.165, 1.54) is 0 Å². The zero-order chi connectivity index (χ0) is 4.12. The van der Waals surface area contributed by atoms with Crippen LogP contribution in [0.1, 0.15) is 0 Å². The van der Waals surface area contributed by atoms with Gasteiger partial charge in [0, 0.05) is 0 Å². The van der Waals surface area contributed by atoms with E-state index < -0.39 is 0 Å². The Morgan fingerprint density at radius 2 is 2.17 bits per heavy atom. The fourth-order valence-corrected chi connectivity index (χ4v) is 0.104. The molecule has 0 aromatic carbocycles. The average molecular weight is 139 g/mol. The van der Waals surface area contributed by atoms with Crippen LogP contribution in [0.3, 0.4) is 0 Å². The van der Waals surface area contributed by atoms with E-state index in [-0.39, 0.29) is 51.0 Å². The van der Waals surface area contributed by atoms with Crippen molar-refractivity contribution >= 4 is 49.6 Å². The van der Waals surface area contributed by atoms with Crippen LogP contribution in [0.25, 0.3) is 0 Å². The van der Waals surface area contributed by atoms with Gasteiger partial charge < -0.3 is 5.11 Å². The van der Waals surface area contributed by atoms with E-state index in [9.17, 15) is 0 Å². The second-order valence-electron chi connectivity index (χ2n) is 0.537. The molecule has 0 bridgehead atoms. The number of aliphatic hydroxyl groups is 1. The van der Waals surface area contributed by atoms with E-state index in [2.05, 4.69) is 16.2 Å². The van der Waals surface area contributed by atoms with Crippen LogP contribution in [0, 0.1) is 0 Å². The van der Waals surface area contributed by atoms with Crippen molar-refractivity contribution in [3.05, 3.63) is 0 Å². The molecule has 0 aromatic heterocycles. The molecule has 36 valence electrons. The molecule has 0 fully saturated rings. The first-order chi connectivity index (χ1) is 2.41. The van der Waals surface area contributed by atoms with Crippen LogP contribution in [0.5, 0.6) is 0 Å². The average Bonchev–Trinajstić information content (AvgIpc) is 1.41. The molecule has 0 aliphatic carbocycles. The Balaban J connectivity index is 0. The van der Waals surface area contributed by atoms with Crippen molar-refractivity contribution in [1.82, 2.24) is 0 Å². The van der Waals surface area contributed by atoms with Gasteiger partial charge in [-0.15, -0.1) is 0 Å². The molecule has 2 nitrogen and oxygen atoms in total. The Morgan fingerprint density at radius 1 is 1.67 bits per heavy atom. The first-order valence-electron chi connectivity index (χ1n) is 1.26. The van der Waals surface area contributed by atoms with E-state index in [1.54, 1.807) is 0 Å². The Hall–Kier alpha value is 1.47. The summed E-state index contributed by atoms with van der Waals surface area (Å²) in [6.45, 7) is 0.199. The molecule has 0 amide bonds. The number of halogens is 1. The summed E-state index contributed by atoms with van der Waals surface area (Å²) in [5.41, 5.74) is 0. The second kappa shape index (κ2) is 9.69. The molecule has 0 atom stereocenters. The molecule has 0 aromatic rings. The summed E-state index contributed by atoms with van der Waals surface area (Å²) in [5, 5.41) is 7.86. The molecule has 0 unspecified atom stereocenters. The van der Waals surface area contributed by atoms with Crippen molar-refractivity contribution in [2.24, 2.45) is 0 Å². The molecular formula is C2H7CaClO2. The monoisotopic (exact) mass is 138 g/mol. The number of aliphatic hydroxyl groups excluding tert-OH is 1. The summed E-state index contributed by atoms with van der Waals surface area (Å²) in [5.74, 6) is 0. The third kappa shape index (κ3) is 9.08. The van der Waals surface area contributed by atoms with Crippen molar-refractivity contribution < 1.29 is 9.40 Å². The predicted octanol–water partition coefficient (Wildman–Crippen LogP) is -0.767. The predicted molar refractivity (Wildman–Crippen MR) is 27.4 cm³/mol. The van der Waals surface area contributed by atoms with Crippen molar-refractivity contribution in [2.75, 3.05) is 13.2 Å². The third-order valence-corrected chi connectivity index (χ3v) is 0.323. The Morgan fingerprint density at radius 3 is 2.17 bits per heavy atom. The van der Waals surface area contributed by atoms with Gasteiger partial charge >= 0.3 is 37.7 Å². The van der Waals surface area contributed by atoms with E-state index >= 15 is 0 Å². The normalized spacial score (nSPS) is 7.00. The van der Waals surface area contributed by atoms with Crippen LogP contribution in [-0.4, -0.2) is 56.1 Å². The minimum absolute atomic E-state index is 0. The Labute approximate surface area is 71.6 Å². The van der Waals surface area contributed by atoms with Gasteiger partial charge in [0.25, 0.3) is 0 Å². The summed E-state index contributed by atoms with van der Waals surface area (Å²) in [6.07, 6.45) is 0. The fourth-order valence-electron chi connectivity index (χ4n) is 0.0345. The molecule has 0 rings (SSSR count). The summed E-state index contributed by atoms with van der Waals surface area (Å²) >= 11 is 4.64. The van der Waals surface area contributed by atoms with Gasteiger partial charge in [0.1, 0.15) is 0 Å². The molecule has 0 aliphatic rings. The Bertz CT molecular complexity index is 19.0. The number of rotatable bonds is 2. The van der Waals surface area contributed by atoms with Gasteiger partial charge in [-0.3, -0.25) is 4.29 Å². The van der Waals surface area contributed by atoms with Gasteiger partial charge in [-0.05, 0) is 0 Å². The Kier molecular flexibility index (Phi) is 16.9. The van der Waals surface area contributed by atoms with Crippen LogP contribution in [0.15, 0.2) is 0 Å². The number of hydrogen-bond acceptors (Lipinski definition) is 2. The van der Waals surface area contributed by atoms with E-state index in [0.717, 1.165) is 0 Å². The molecule has 1 N–H and O–H groups in total. The first kappa shape index (κ1) is 10.5. The maximum atomic E-state index is 7.86. The summed E-state index contributed by atoms with van der Waals surface area (Å²) in [4.78, 5) is 0. The van der Waals surface area contributed by atoms with Crippen LogP contribution in [0.4, 0.5) is 0 Å². The fraction of sp³-hybridized carbons (Fsp3) is 1.00. The number of hydrogen-bond donors (Lipinski definition) is 1. The van der Waals surface area contributed by atoms with Gasteiger partial charge in [-0.1, -0.05) is 0 Å². The van der Waals surface area contributed by atoms with Gasteiger partial charge in [0.15, 0.2) is 0 Å². The first-order valence-corrected chi connectivity index (χ1v) is 1.57.